The Kier molecular flexibility index (Phi) is 4.13. The zero-order valence-corrected chi connectivity index (χ0v) is 11.9. The van der Waals surface area contributed by atoms with Crippen LogP contribution in [0.15, 0.2) is 12.1 Å². The topological polar surface area (TPSA) is 44.8 Å². The van der Waals surface area contributed by atoms with Gasteiger partial charge in [-0.3, -0.25) is 4.79 Å². The maximum atomic E-state index is 12.3. The first-order chi connectivity index (χ1) is 9.74. The molecule has 2 aliphatic rings. The Morgan fingerprint density at radius 3 is 2.60 bits per heavy atom. The van der Waals surface area contributed by atoms with Crippen LogP contribution in [0.2, 0.25) is 5.02 Å². The Balaban J connectivity index is 1.81. The maximum Gasteiger partial charge on any atom is 0.167 e. The number of carbonyl (C=O) groups is 1. The lowest BCUT2D eigenvalue weighted by Gasteiger charge is -2.12. The molecule has 1 unspecified atom stereocenters. The molecule has 1 atom stereocenters. The number of fused-ring (bicyclic) bond motifs is 1. The van der Waals surface area contributed by atoms with Crippen molar-refractivity contribution < 1.29 is 19.0 Å². The van der Waals surface area contributed by atoms with E-state index in [-0.39, 0.29) is 11.9 Å². The Morgan fingerprint density at radius 1 is 1.15 bits per heavy atom. The van der Waals surface area contributed by atoms with Crippen molar-refractivity contribution in [1.29, 1.82) is 0 Å². The van der Waals surface area contributed by atoms with Gasteiger partial charge in [0.05, 0.1) is 24.3 Å². The van der Waals surface area contributed by atoms with E-state index in [4.69, 9.17) is 25.8 Å². The highest BCUT2D eigenvalue weighted by molar-refractivity contribution is 6.34. The number of rotatable bonds is 3. The van der Waals surface area contributed by atoms with Gasteiger partial charge in [0.15, 0.2) is 17.3 Å². The Labute approximate surface area is 123 Å². The van der Waals surface area contributed by atoms with E-state index in [0.717, 1.165) is 25.9 Å². The molecule has 0 aromatic heterocycles. The van der Waals surface area contributed by atoms with Crippen LogP contribution in [0.5, 0.6) is 11.5 Å². The van der Waals surface area contributed by atoms with Crippen molar-refractivity contribution in [3.05, 3.63) is 22.7 Å². The van der Waals surface area contributed by atoms with Gasteiger partial charge in [-0.25, -0.2) is 0 Å². The largest absolute Gasteiger partial charge is 0.490 e. The standard InChI is InChI=1S/C15H17ClO4/c16-12-9-15-14(19-5-2-6-20-15)8-11(12)13(17)7-10-3-1-4-18-10/h8-10H,1-7H2. The fraction of sp³-hybridized carbons (Fsp3) is 0.533. The van der Waals surface area contributed by atoms with Gasteiger partial charge in [-0.2, -0.15) is 0 Å². The summed E-state index contributed by atoms with van der Waals surface area (Å²) in [6.45, 7) is 1.94. The van der Waals surface area contributed by atoms with Crippen LogP contribution in [0.1, 0.15) is 36.0 Å². The molecule has 20 heavy (non-hydrogen) atoms. The zero-order chi connectivity index (χ0) is 13.9. The van der Waals surface area contributed by atoms with E-state index in [1.165, 1.54) is 0 Å². The fourth-order valence-corrected chi connectivity index (χ4v) is 2.78. The summed E-state index contributed by atoms with van der Waals surface area (Å²) in [6.07, 6.45) is 3.18. The molecular weight excluding hydrogens is 280 g/mol. The summed E-state index contributed by atoms with van der Waals surface area (Å²) in [5, 5.41) is 0.414. The summed E-state index contributed by atoms with van der Waals surface area (Å²) in [4.78, 5) is 12.3. The molecule has 4 nitrogen and oxygen atoms in total. The van der Waals surface area contributed by atoms with E-state index < -0.39 is 0 Å². The summed E-state index contributed by atoms with van der Waals surface area (Å²) in [6, 6.07) is 3.37. The van der Waals surface area contributed by atoms with Crippen molar-refractivity contribution in [1.82, 2.24) is 0 Å². The molecule has 3 rings (SSSR count). The number of benzene rings is 1. The van der Waals surface area contributed by atoms with Crippen LogP contribution in [-0.4, -0.2) is 31.7 Å². The Bertz CT molecular complexity index is 509. The third kappa shape index (κ3) is 2.91. The number of Topliss-reactive ketones (excluding diaryl/α,β-unsaturated/α-hetero) is 1. The van der Waals surface area contributed by atoms with Gasteiger partial charge < -0.3 is 14.2 Å². The summed E-state index contributed by atoms with van der Waals surface area (Å²) < 4.78 is 16.6. The maximum absolute atomic E-state index is 12.3. The van der Waals surface area contributed by atoms with E-state index in [0.29, 0.717) is 41.7 Å². The minimum absolute atomic E-state index is 0.00227. The molecule has 0 saturated carbocycles. The molecule has 1 fully saturated rings. The van der Waals surface area contributed by atoms with E-state index in [1.807, 2.05) is 0 Å². The predicted octanol–water partition coefficient (Wildman–Crippen LogP) is 3.25. The van der Waals surface area contributed by atoms with E-state index in [2.05, 4.69) is 0 Å². The Hall–Kier alpha value is -1.26. The van der Waals surface area contributed by atoms with Gasteiger partial charge in [0.2, 0.25) is 0 Å². The predicted molar refractivity (Wildman–Crippen MR) is 75.0 cm³/mol. The van der Waals surface area contributed by atoms with Crippen LogP contribution < -0.4 is 9.47 Å². The monoisotopic (exact) mass is 296 g/mol. The molecule has 0 amide bonds. The average molecular weight is 297 g/mol. The molecule has 1 aromatic rings. The van der Waals surface area contributed by atoms with E-state index >= 15 is 0 Å². The quantitative estimate of drug-likeness (QED) is 0.803. The van der Waals surface area contributed by atoms with Crippen LogP contribution >= 0.6 is 11.6 Å². The first-order valence-electron chi connectivity index (χ1n) is 6.98. The second kappa shape index (κ2) is 6.02. The summed E-state index contributed by atoms with van der Waals surface area (Å²) >= 11 is 6.20. The molecule has 0 radical (unpaired) electrons. The molecule has 0 N–H and O–H groups in total. The molecule has 5 heteroatoms. The van der Waals surface area contributed by atoms with Crippen LogP contribution in [0.4, 0.5) is 0 Å². The molecule has 0 bridgehead atoms. The smallest absolute Gasteiger partial charge is 0.167 e. The van der Waals surface area contributed by atoms with Gasteiger partial charge in [0.25, 0.3) is 0 Å². The fourth-order valence-electron chi connectivity index (χ4n) is 2.52. The number of ketones is 1. The molecule has 2 aliphatic heterocycles. The zero-order valence-electron chi connectivity index (χ0n) is 11.2. The van der Waals surface area contributed by atoms with Crippen LogP contribution in [0.25, 0.3) is 0 Å². The number of halogens is 1. The lowest BCUT2D eigenvalue weighted by atomic mass is 10.0. The average Bonchev–Trinajstić information content (AvgIpc) is 2.82. The van der Waals surface area contributed by atoms with E-state index in [1.54, 1.807) is 12.1 Å². The second-order valence-corrected chi connectivity index (χ2v) is 5.50. The normalized spacial score (nSPS) is 21.6. The summed E-state index contributed by atoms with van der Waals surface area (Å²) in [7, 11) is 0. The highest BCUT2D eigenvalue weighted by Crippen LogP contribution is 2.36. The van der Waals surface area contributed by atoms with Crippen LogP contribution in [-0.2, 0) is 4.74 Å². The number of ether oxygens (including phenoxy) is 3. The second-order valence-electron chi connectivity index (χ2n) is 5.09. The van der Waals surface area contributed by atoms with Crippen LogP contribution in [0, 0.1) is 0 Å². The van der Waals surface area contributed by atoms with Gasteiger partial charge in [-0.05, 0) is 18.9 Å². The molecule has 1 aromatic carbocycles. The molecule has 2 heterocycles. The molecule has 0 spiro atoms. The van der Waals surface area contributed by atoms with Crippen LogP contribution in [0.3, 0.4) is 0 Å². The van der Waals surface area contributed by atoms with Gasteiger partial charge in [0.1, 0.15) is 0 Å². The third-order valence-corrected chi connectivity index (χ3v) is 3.89. The number of hydrogen-bond acceptors (Lipinski definition) is 4. The van der Waals surface area contributed by atoms with Crippen molar-refractivity contribution >= 4 is 17.4 Å². The van der Waals surface area contributed by atoms with E-state index in [9.17, 15) is 4.79 Å². The lowest BCUT2D eigenvalue weighted by molar-refractivity contribution is 0.0775. The van der Waals surface area contributed by atoms with Crippen molar-refractivity contribution in [2.45, 2.75) is 31.8 Å². The van der Waals surface area contributed by atoms with Crippen molar-refractivity contribution in [2.75, 3.05) is 19.8 Å². The minimum Gasteiger partial charge on any atom is -0.490 e. The molecule has 108 valence electrons. The highest BCUT2D eigenvalue weighted by atomic mass is 35.5. The van der Waals surface area contributed by atoms with Gasteiger partial charge in [-0.15, -0.1) is 0 Å². The number of hydrogen-bond donors (Lipinski definition) is 0. The SMILES string of the molecule is O=C(CC1CCCO1)c1cc2c(cc1Cl)OCCCO2. The minimum atomic E-state index is -0.00227. The molecule has 0 aliphatic carbocycles. The summed E-state index contributed by atoms with van der Waals surface area (Å²) in [5.74, 6) is 1.21. The third-order valence-electron chi connectivity index (χ3n) is 3.57. The van der Waals surface area contributed by atoms with Crippen molar-refractivity contribution in [3.63, 3.8) is 0 Å². The lowest BCUT2D eigenvalue weighted by Crippen LogP contribution is -2.13. The van der Waals surface area contributed by atoms with Gasteiger partial charge >= 0.3 is 0 Å². The van der Waals surface area contributed by atoms with Crippen molar-refractivity contribution in [3.8, 4) is 11.5 Å². The molecule has 1 saturated heterocycles. The first kappa shape index (κ1) is 13.7. The van der Waals surface area contributed by atoms with Crippen molar-refractivity contribution in [2.24, 2.45) is 0 Å². The Morgan fingerprint density at radius 2 is 1.90 bits per heavy atom. The number of carbonyl (C=O) groups excluding carboxylic acids is 1. The molecular formula is C15H17ClO4. The van der Waals surface area contributed by atoms with Gasteiger partial charge in [0, 0.05) is 31.1 Å². The first-order valence-corrected chi connectivity index (χ1v) is 7.36. The summed E-state index contributed by atoms with van der Waals surface area (Å²) in [5.41, 5.74) is 0.492. The highest BCUT2D eigenvalue weighted by Gasteiger charge is 2.23. The van der Waals surface area contributed by atoms with Gasteiger partial charge in [-0.1, -0.05) is 11.6 Å².